The Bertz CT molecular complexity index is 677. The number of carbonyl (C=O) groups excluding carboxylic acids is 2. The van der Waals surface area contributed by atoms with Gasteiger partial charge < -0.3 is 15.2 Å². The second-order valence-electron chi connectivity index (χ2n) is 7.81. The summed E-state index contributed by atoms with van der Waals surface area (Å²) >= 11 is 0. The molecule has 1 aliphatic carbocycles. The lowest BCUT2D eigenvalue weighted by molar-refractivity contribution is -0.154. The van der Waals surface area contributed by atoms with E-state index < -0.39 is 17.5 Å². The molecule has 2 unspecified atom stereocenters. The number of hydrogen-bond donors (Lipinski definition) is 2. The van der Waals surface area contributed by atoms with Gasteiger partial charge in [0.2, 0.25) is 5.91 Å². The first-order chi connectivity index (χ1) is 12.2. The van der Waals surface area contributed by atoms with Crippen LogP contribution in [0.3, 0.4) is 0 Å². The van der Waals surface area contributed by atoms with Crippen LogP contribution < -0.4 is 5.32 Å². The summed E-state index contributed by atoms with van der Waals surface area (Å²) in [7, 11) is 0. The van der Waals surface area contributed by atoms with Crippen molar-refractivity contribution in [3.63, 3.8) is 0 Å². The highest BCUT2D eigenvalue weighted by atomic mass is 16.6. The van der Waals surface area contributed by atoms with E-state index in [9.17, 15) is 19.5 Å². The first kappa shape index (κ1) is 19.9. The number of hydrogen-bond acceptors (Lipinski definition) is 4. The van der Waals surface area contributed by atoms with Gasteiger partial charge in [-0.3, -0.25) is 14.4 Å². The molecule has 1 aliphatic rings. The summed E-state index contributed by atoms with van der Waals surface area (Å²) < 4.78 is 5.34. The quantitative estimate of drug-likeness (QED) is 0.784. The molecule has 0 spiro atoms. The third-order valence-corrected chi connectivity index (χ3v) is 4.42. The standard InChI is InChI=1S/C20H27NO5/c1-20(2,3)26-17(22)12-13-7-4-5-10-16(13)21-18(23)14-8-6-9-15(11-14)19(24)25/h4-5,7,10,14-15H,6,8-9,11-12H2,1-3H3,(H,21,23)(H,24,25). The first-order valence-corrected chi connectivity index (χ1v) is 8.99. The Kier molecular flexibility index (Phi) is 6.40. The summed E-state index contributed by atoms with van der Waals surface area (Å²) in [5.41, 5.74) is 0.685. The van der Waals surface area contributed by atoms with Gasteiger partial charge in [-0.15, -0.1) is 0 Å². The molecule has 0 bridgehead atoms. The third-order valence-electron chi connectivity index (χ3n) is 4.42. The number of nitrogens with one attached hydrogen (secondary N) is 1. The number of ether oxygens (including phenoxy) is 1. The monoisotopic (exact) mass is 361 g/mol. The average Bonchev–Trinajstić information content (AvgIpc) is 2.55. The van der Waals surface area contributed by atoms with E-state index in [-0.39, 0.29) is 24.2 Å². The van der Waals surface area contributed by atoms with Gasteiger partial charge in [-0.05, 0) is 51.7 Å². The third kappa shape index (κ3) is 5.86. The number of carbonyl (C=O) groups is 3. The Hall–Kier alpha value is -2.37. The van der Waals surface area contributed by atoms with E-state index in [1.54, 1.807) is 45.0 Å². The summed E-state index contributed by atoms with van der Waals surface area (Å²) in [4.78, 5) is 35.9. The summed E-state index contributed by atoms with van der Waals surface area (Å²) in [6.07, 6.45) is 2.46. The van der Waals surface area contributed by atoms with Crippen molar-refractivity contribution in [3.8, 4) is 0 Å². The highest BCUT2D eigenvalue weighted by Crippen LogP contribution is 2.30. The average molecular weight is 361 g/mol. The molecule has 1 fully saturated rings. The minimum atomic E-state index is -0.840. The summed E-state index contributed by atoms with van der Waals surface area (Å²) in [5.74, 6) is -2.17. The van der Waals surface area contributed by atoms with Crippen molar-refractivity contribution < 1.29 is 24.2 Å². The van der Waals surface area contributed by atoms with Gasteiger partial charge in [0.05, 0.1) is 12.3 Å². The van der Waals surface area contributed by atoms with Gasteiger partial charge in [-0.2, -0.15) is 0 Å². The minimum absolute atomic E-state index is 0.0656. The molecule has 1 saturated carbocycles. The molecule has 6 heteroatoms. The fraction of sp³-hybridized carbons (Fsp3) is 0.550. The molecule has 2 atom stereocenters. The number of carboxylic acid groups (broad SMARTS) is 1. The van der Waals surface area contributed by atoms with Crippen molar-refractivity contribution in [1.82, 2.24) is 0 Å². The van der Waals surface area contributed by atoms with E-state index in [1.807, 2.05) is 0 Å². The summed E-state index contributed by atoms with van der Waals surface area (Å²) in [6, 6.07) is 7.11. The highest BCUT2D eigenvalue weighted by molar-refractivity contribution is 5.94. The molecular weight excluding hydrogens is 334 g/mol. The normalized spacial score (nSPS) is 20.3. The zero-order valence-corrected chi connectivity index (χ0v) is 15.6. The van der Waals surface area contributed by atoms with Crippen LogP contribution in [0.1, 0.15) is 52.0 Å². The van der Waals surface area contributed by atoms with E-state index in [0.717, 1.165) is 6.42 Å². The smallest absolute Gasteiger partial charge is 0.310 e. The summed E-state index contributed by atoms with van der Waals surface area (Å²) in [5, 5.41) is 12.0. The number of aliphatic carboxylic acids is 1. The molecule has 1 amide bonds. The van der Waals surface area contributed by atoms with Crippen LogP contribution in [0.15, 0.2) is 24.3 Å². The lowest BCUT2D eigenvalue weighted by Crippen LogP contribution is -2.31. The van der Waals surface area contributed by atoms with Gasteiger partial charge in [-0.25, -0.2) is 0 Å². The Morgan fingerprint density at radius 3 is 2.46 bits per heavy atom. The molecule has 0 aromatic heterocycles. The van der Waals surface area contributed by atoms with E-state index >= 15 is 0 Å². The molecule has 0 aliphatic heterocycles. The fourth-order valence-electron chi connectivity index (χ4n) is 3.22. The van der Waals surface area contributed by atoms with Crippen molar-refractivity contribution in [3.05, 3.63) is 29.8 Å². The molecule has 1 aromatic rings. The van der Waals surface area contributed by atoms with Gasteiger partial charge in [0.25, 0.3) is 0 Å². The first-order valence-electron chi connectivity index (χ1n) is 8.99. The van der Waals surface area contributed by atoms with Crippen molar-refractivity contribution >= 4 is 23.5 Å². The van der Waals surface area contributed by atoms with Crippen LogP contribution >= 0.6 is 0 Å². The zero-order chi connectivity index (χ0) is 19.3. The number of anilines is 1. The molecule has 6 nitrogen and oxygen atoms in total. The van der Waals surface area contributed by atoms with Crippen molar-refractivity contribution in [2.75, 3.05) is 5.32 Å². The SMILES string of the molecule is CC(C)(C)OC(=O)Cc1ccccc1NC(=O)C1CCCC(C(=O)O)C1. The maximum atomic E-state index is 12.6. The van der Waals surface area contributed by atoms with Crippen LogP contribution in [0.5, 0.6) is 0 Å². The van der Waals surface area contributed by atoms with Crippen molar-refractivity contribution in [2.45, 2.75) is 58.5 Å². The molecule has 0 heterocycles. The van der Waals surface area contributed by atoms with Crippen LogP contribution in [0.2, 0.25) is 0 Å². The Morgan fingerprint density at radius 1 is 1.15 bits per heavy atom. The maximum absolute atomic E-state index is 12.6. The van der Waals surface area contributed by atoms with E-state index in [1.165, 1.54) is 0 Å². The largest absolute Gasteiger partial charge is 0.481 e. The van der Waals surface area contributed by atoms with Crippen molar-refractivity contribution in [1.29, 1.82) is 0 Å². The molecule has 1 aromatic carbocycles. The number of benzene rings is 1. The van der Waals surface area contributed by atoms with Crippen LogP contribution in [-0.2, 0) is 25.5 Å². The van der Waals surface area contributed by atoms with Gasteiger partial charge in [0, 0.05) is 11.6 Å². The lowest BCUT2D eigenvalue weighted by Gasteiger charge is -2.26. The molecule has 2 N–H and O–H groups in total. The van der Waals surface area contributed by atoms with Gasteiger partial charge in [0.15, 0.2) is 0 Å². The summed E-state index contributed by atoms with van der Waals surface area (Å²) in [6.45, 7) is 5.42. The van der Waals surface area contributed by atoms with Gasteiger partial charge in [-0.1, -0.05) is 24.6 Å². The lowest BCUT2D eigenvalue weighted by atomic mass is 9.81. The number of carboxylic acids is 1. The van der Waals surface area contributed by atoms with Gasteiger partial charge >= 0.3 is 11.9 Å². The fourth-order valence-corrected chi connectivity index (χ4v) is 3.22. The van der Waals surface area contributed by atoms with E-state index in [2.05, 4.69) is 5.32 Å². The second kappa shape index (κ2) is 8.34. The van der Waals surface area contributed by atoms with Crippen molar-refractivity contribution in [2.24, 2.45) is 11.8 Å². The van der Waals surface area contributed by atoms with Crippen LogP contribution in [-0.4, -0.2) is 28.6 Å². The number of para-hydroxylation sites is 1. The van der Waals surface area contributed by atoms with Crippen LogP contribution in [0.4, 0.5) is 5.69 Å². The second-order valence-corrected chi connectivity index (χ2v) is 7.81. The van der Waals surface area contributed by atoms with E-state index in [4.69, 9.17) is 4.74 Å². The van der Waals surface area contributed by atoms with Crippen LogP contribution in [0.25, 0.3) is 0 Å². The Balaban J connectivity index is 2.04. The number of esters is 1. The predicted molar refractivity (Wildman–Crippen MR) is 97.7 cm³/mol. The predicted octanol–water partition coefficient (Wildman–Crippen LogP) is 3.40. The highest BCUT2D eigenvalue weighted by Gasteiger charge is 2.31. The maximum Gasteiger partial charge on any atom is 0.310 e. The van der Waals surface area contributed by atoms with E-state index in [0.29, 0.717) is 30.5 Å². The zero-order valence-electron chi connectivity index (χ0n) is 15.6. The van der Waals surface area contributed by atoms with Crippen LogP contribution in [0, 0.1) is 11.8 Å². The molecule has 0 radical (unpaired) electrons. The van der Waals surface area contributed by atoms with Gasteiger partial charge in [0.1, 0.15) is 5.60 Å². The number of amides is 1. The molecule has 2 rings (SSSR count). The molecular formula is C20H27NO5. The Morgan fingerprint density at radius 2 is 1.81 bits per heavy atom. The molecule has 142 valence electrons. The minimum Gasteiger partial charge on any atom is -0.481 e. The molecule has 26 heavy (non-hydrogen) atoms. The number of rotatable bonds is 5. The Labute approximate surface area is 153 Å². The topological polar surface area (TPSA) is 92.7 Å². The molecule has 0 saturated heterocycles.